The van der Waals surface area contributed by atoms with Gasteiger partial charge in [0, 0.05) is 11.8 Å². The molecule has 0 saturated heterocycles. The Bertz CT molecular complexity index is 707. The van der Waals surface area contributed by atoms with E-state index in [1.807, 2.05) is 55.0 Å². The number of nitrogen functional groups attached to an aromatic ring is 1. The number of benzene rings is 2. The van der Waals surface area contributed by atoms with E-state index in [0.29, 0.717) is 12.3 Å². The quantitative estimate of drug-likeness (QED) is 0.730. The molecule has 2 aromatic carbocycles. The van der Waals surface area contributed by atoms with E-state index in [1.165, 1.54) is 0 Å². The van der Waals surface area contributed by atoms with Crippen LogP contribution in [0.25, 0.3) is 11.3 Å². The fourth-order valence-corrected chi connectivity index (χ4v) is 2.21. The Hall–Kier alpha value is -2.75. The number of ether oxygens (including phenoxy) is 1. The Morgan fingerprint density at radius 2 is 1.90 bits per heavy atom. The summed E-state index contributed by atoms with van der Waals surface area (Å²) < 4.78 is 7.81. The molecule has 106 valence electrons. The molecule has 0 fully saturated rings. The van der Waals surface area contributed by atoms with Crippen LogP contribution in [0.15, 0.2) is 67.1 Å². The van der Waals surface area contributed by atoms with Gasteiger partial charge in [0.25, 0.3) is 0 Å². The summed E-state index contributed by atoms with van der Waals surface area (Å²) in [4.78, 5) is 4.23. The summed E-state index contributed by atoms with van der Waals surface area (Å²) in [6, 6.07) is 17.7. The number of aromatic nitrogens is 2. The van der Waals surface area contributed by atoms with E-state index < -0.39 is 0 Å². The first-order valence-corrected chi connectivity index (χ1v) is 6.87. The summed E-state index contributed by atoms with van der Waals surface area (Å²) in [6.45, 7) is 1.30. The number of nitrogens with two attached hydrogens (primary N) is 1. The van der Waals surface area contributed by atoms with Crippen LogP contribution in [0.5, 0.6) is 5.75 Å². The third-order valence-electron chi connectivity index (χ3n) is 3.24. The zero-order chi connectivity index (χ0) is 14.5. The Balaban J connectivity index is 1.66. The molecule has 0 aliphatic heterocycles. The van der Waals surface area contributed by atoms with Crippen molar-refractivity contribution >= 4 is 5.69 Å². The second-order valence-corrected chi connectivity index (χ2v) is 4.76. The number of nitrogens with zero attached hydrogens (tertiary/aromatic N) is 2. The lowest BCUT2D eigenvalue weighted by Crippen LogP contribution is -2.08. The van der Waals surface area contributed by atoms with E-state index in [2.05, 4.69) is 21.7 Å². The molecule has 0 saturated carbocycles. The van der Waals surface area contributed by atoms with Crippen LogP contribution in [-0.2, 0) is 6.54 Å². The van der Waals surface area contributed by atoms with Crippen LogP contribution in [0.4, 0.5) is 5.69 Å². The monoisotopic (exact) mass is 279 g/mol. The zero-order valence-corrected chi connectivity index (χ0v) is 11.6. The van der Waals surface area contributed by atoms with Crippen molar-refractivity contribution in [2.75, 3.05) is 12.3 Å². The largest absolute Gasteiger partial charge is 0.492 e. The predicted molar refractivity (Wildman–Crippen MR) is 84.0 cm³/mol. The highest BCUT2D eigenvalue weighted by Crippen LogP contribution is 2.19. The molecule has 0 aliphatic carbocycles. The van der Waals surface area contributed by atoms with Gasteiger partial charge in [0.2, 0.25) is 0 Å². The van der Waals surface area contributed by atoms with Crippen LogP contribution >= 0.6 is 0 Å². The predicted octanol–water partition coefficient (Wildman–Crippen LogP) is 3.21. The van der Waals surface area contributed by atoms with Crippen LogP contribution < -0.4 is 10.5 Å². The maximum atomic E-state index is 5.73. The maximum Gasteiger partial charge on any atom is 0.121 e. The lowest BCUT2D eigenvalue weighted by atomic mass is 10.2. The highest BCUT2D eigenvalue weighted by molar-refractivity contribution is 5.58. The molecule has 4 heteroatoms. The lowest BCUT2D eigenvalue weighted by molar-refractivity contribution is 0.299. The van der Waals surface area contributed by atoms with Crippen molar-refractivity contribution < 1.29 is 4.74 Å². The number of hydrogen-bond donors (Lipinski definition) is 1. The molecule has 4 nitrogen and oxygen atoms in total. The van der Waals surface area contributed by atoms with Crippen molar-refractivity contribution in [3.05, 3.63) is 67.1 Å². The third-order valence-corrected chi connectivity index (χ3v) is 3.24. The Morgan fingerprint density at radius 3 is 2.71 bits per heavy atom. The average molecular weight is 279 g/mol. The minimum atomic E-state index is 0.569. The SMILES string of the molecule is Nc1cccc(OCCn2cncc2-c2ccccc2)c1. The molecule has 2 N–H and O–H groups in total. The van der Waals surface area contributed by atoms with Gasteiger partial charge < -0.3 is 15.0 Å². The molecule has 1 aromatic heterocycles. The van der Waals surface area contributed by atoms with Gasteiger partial charge in [0.05, 0.1) is 24.8 Å². The van der Waals surface area contributed by atoms with Crippen molar-refractivity contribution in [2.45, 2.75) is 6.54 Å². The topological polar surface area (TPSA) is 53.1 Å². The van der Waals surface area contributed by atoms with Crippen LogP contribution in [0.1, 0.15) is 0 Å². The number of rotatable bonds is 5. The first-order chi connectivity index (χ1) is 10.3. The van der Waals surface area contributed by atoms with Gasteiger partial charge in [-0.3, -0.25) is 0 Å². The average Bonchev–Trinajstić information content (AvgIpc) is 2.97. The normalized spacial score (nSPS) is 10.5. The summed E-state index contributed by atoms with van der Waals surface area (Å²) in [5.74, 6) is 0.788. The standard InChI is InChI=1S/C17H17N3O/c18-15-7-4-8-16(11-15)21-10-9-20-13-19-12-17(20)14-5-2-1-3-6-14/h1-8,11-13H,9-10,18H2. The van der Waals surface area contributed by atoms with Gasteiger partial charge in [-0.25, -0.2) is 4.98 Å². The first-order valence-electron chi connectivity index (χ1n) is 6.87. The van der Waals surface area contributed by atoms with Gasteiger partial charge >= 0.3 is 0 Å². The summed E-state index contributed by atoms with van der Waals surface area (Å²) in [6.07, 6.45) is 3.70. The molecule has 3 aromatic rings. The maximum absolute atomic E-state index is 5.73. The van der Waals surface area contributed by atoms with Crippen LogP contribution in [0, 0.1) is 0 Å². The minimum absolute atomic E-state index is 0.569. The Morgan fingerprint density at radius 1 is 1.05 bits per heavy atom. The fourth-order valence-electron chi connectivity index (χ4n) is 2.21. The van der Waals surface area contributed by atoms with E-state index in [4.69, 9.17) is 10.5 Å². The first kappa shape index (κ1) is 13.2. The molecule has 0 radical (unpaired) electrons. The van der Waals surface area contributed by atoms with Crippen molar-refractivity contribution in [3.8, 4) is 17.0 Å². The summed E-state index contributed by atoms with van der Waals surface area (Å²) in [5, 5.41) is 0. The molecule has 0 spiro atoms. The molecule has 0 aliphatic rings. The second kappa shape index (κ2) is 6.13. The molecule has 0 amide bonds. The smallest absolute Gasteiger partial charge is 0.121 e. The highest BCUT2D eigenvalue weighted by atomic mass is 16.5. The van der Waals surface area contributed by atoms with Crippen LogP contribution in [0.3, 0.4) is 0 Å². The van der Waals surface area contributed by atoms with E-state index in [0.717, 1.165) is 23.6 Å². The van der Waals surface area contributed by atoms with Crippen molar-refractivity contribution in [1.29, 1.82) is 0 Å². The summed E-state index contributed by atoms with van der Waals surface area (Å²) in [7, 11) is 0. The van der Waals surface area contributed by atoms with Gasteiger partial charge in [-0.15, -0.1) is 0 Å². The minimum Gasteiger partial charge on any atom is -0.492 e. The van der Waals surface area contributed by atoms with Crippen LogP contribution in [0.2, 0.25) is 0 Å². The fraction of sp³-hybridized carbons (Fsp3) is 0.118. The van der Waals surface area contributed by atoms with E-state index in [9.17, 15) is 0 Å². The summed E-state index contributed by atoms with van der Waals surface area (Å²) >= 11 is 0. The van der Waals surface area contributed by atoms with Gasteiger partial charge in [-0.05, 0) is 17.7 Å². The summed E-state index contributed by atoms with van der Waals surface area (Å²) in [5.41, 5.74) is 8.68. The zero-order valence-electron chi connectivity index (χ0n) is 11.6. The number of hydrogen-bond acceptors (Lipinski definition) is 3. The van der Waals surface area contributed by atoms with Gasteiger partial charge in [-0.2, -0.15) is 0 Å². The van der Waals surface area contributed by atoms with E-state index in [1.54, 1.807) is 0 Å². The molecular formula is C17H17N3O. The molecule has 1 heterocycles. The Kier molecular flexibility index (Phi) is 3.87. The van der Waals surface area contributed by atoms with E-state index >= 15 is 0 Å². The lowest BCUT2D eigenvalue weighted by Gasteiger charge is -2.10. The molecule has 0 unspecified atom stereocenters. The molecular weight excluding hydrogens is 262 g/mol. The Labute approximate surface area is 123 Å². The second-order valence-electron chi connectivity index (χ2n) is 4.76. The van der Waals surface area contributed by atoms with Gasteiger partial charge in [0.15, 0.2) is 0 Å². The molecule has 21 heavy (non-hydrogen) atoms. The molecule has 3 rings (SSSR count). The van der Waals surface area contributed by atoms with Crippen LogP contribution in [-0.4, -0.2) is 16.2 Å². The van der Waals surface area contributed by atoms with Crippen molar-refractivity contribution in [3.63, 3.8) is 0 Å². The van der Waals surface area contributed by atoms with Gasteiger partial charge in [-0.1, -0.05) is 36.4 Å². The number of imidazole rings is 1. The van der Waals surface area contributed by atoms with Crippen molar-refractivity contribution in [1.82, 2.24) is 9.55 Å². The number of anilines is 1. The van der Waals surface area contributed by atoms with E-state index in [-0.39, 0.29) is 0 Å². The van der Waals surface area contributed by atoms with Crippen molar-refractivity contribution in [2.24, 2.45) is 0 Å². The van der Waals surface area contributed by atoms with Gasteiger partial charge in [0.1, 0.15) is 12.4 Å². The molecule has 0 bridgehead atoms. The molecule has 0 atom stereocenters. The highest BCUT2D eigenvalue weighted by Gasteiger charge is 2.04. The third kappa shape index (κ3) is 3.23.